The second-order valence-electron chi connectivity index (χ2n) is 4.64. The highest BCUT2D eigenvalue weighted by molar-refractivity contribution is 5.28. The minimum Gasteiger partial charge on any atom is -0.355 e. The Labute approximate surface area is 109 Å². The Morgan fingerprint density at radius 3 is 2.78 bits per heavy atom. The van der Waals surface area contributed by atoms with Crippen molar-refractivity contribution < 1.29 is 0 Å². The van der Waals surface area contributed by atoms with Crippen molar-refractivity contribution in [3.8, 4) is 0 Å². The van der Waals surface area contributed by atoms with Gasteiger partial charge in [0.25, 0.3) is 0 Å². The summed E-state index contributed by atoms with van der Waals surface area (Å²) in [5, 5.41) is 3.43. The van der Waals surface area contributed by atoms with E-state index in [0.717, 1.165) is 25.5 Å². The number of benzene rings is 1. The third kappa shape index (κ3) is 3.13. The lowest BCUT2D eigenvalue weighted by atomic mass is 10.0. The fraction of sp³-hybridized carbons (Fsp3) is 0.400. The Hall–Kier alpha value is -1.77. The van der Waals surface area contributed by atoms with E-state index in [-0.39, 0.29) is 0 Å². The van der Waals surface area contributed by atoms with Crippen LogP contribution in [0.5, 0.6) is 0 Å². The third-order valence-corrected chi connectivity index (χ3v) is 3.11. The van der Waals surface area contributed by atoms with Gasteiger partial charge in [0.05, 0.1) is 0 Å². The lowest BCUT2D eigenvalue weighted by Crippen LogP contribution is -2.13. The number of imidazole rings is 1. The molecule has 3 heteroatoms. The van der Waals surface area contributed by atoms with Gasteiger partial charge in [-0.05, 0) is 17.9 Å². The molecule has 0 saturated heterocycles. The molecule has 1 atom stereocenters. The van der Waals surface area contributed by atoms with Gasteiger partial charge < -0.3 is 9.88 Å². The molecule has 2 rings (SSSR count). The number of anilines is 1. The molecule has 0 saturated carbocycles. The molecule has 2 aromatic rings. The van der Waals surface area contributed by atoms with Crippen molar-refractivity contribution in [3.05, 3.63) is 48.3 Å². The molecule has 1 N–H and O–H groups in total. The van der Waals surface area contributed by atoms with Crippen LogP contribution in [0.25, 0.3) is 0 Å². The van der Waals surface area contributed by atoms with Crippen LogP contribution in [0, 0.1) is 0 Å². The zero-order valence-corrected chi connectivity index (χ0v) is 11.1. The van der Waals surface area contributed by atoms with Gasteiger partial charge in [-0.1, -0.05) is 44.2 Å². The molecular formula is C15H21N3. The van der Waals surface area contributed by atoms with Crippen LogP contribution in [-0.2, 0) is 6.54 Å². The summed E-state index contributed by atoms with van der Waals surface area (Å²) in [6, 6.07) is 10.6. The number of nitrogens with zero attached hydrogens (tertiary/aromatic N) is 2. The molecule has 0 radical (unpaired) electrons. The van der Waals surface area contributed by atoms with E-state index >= 15 is 0 Å². The molecule has 1 unspecified atom stereocenters. The van der Waals surface area contributed by atoms with E-state index in [0.29, 0.717) is 5.92 Å². The Bertz CT molecular complexity index is 462. The molecule has 0 aliphatic rings. The zero-order chi connectivity index (χ0) is 12.8. The summed E-state index contributed by atoms with van der Waals surface area (Å²) >= 11 is 0. The van der Waals surface area contributed by atoms with Gasteiger partial charge in [-0.25, -0.2) is 4.98 Å². The summed E-state index contributed by atoms with van der Waals surface area (Å²) in [4.78, 5) is 4.35. The minimum absolute atomic E-state index is 0.484. The summed E-state index contributed by atoms with van der Waals surface area (Å²) in [7, 11) is 0. The highest BCUT2D eigenvalue weighted by atomic mass is 15.2. The first-order chi connectivity index (χ1) is 8.81. The molecule has 0 aliphatic carbocycles. The predicted molar refractivity (Wildman–Crippen MR) is 75.9 cm³/mol. The van der Waals surface area contributed by atoms with Crippen molar-refractivity contribution >= 4 is 5.95 Å². The second kappa shape index (κ2) is 6.24. The standard InChI is InChI=1S/C15H21N3/c1-3-10-18-11-9-16-15(18)17-12-13(2)14-7-5-4-6-8-14/h4-9,11,13H,3,10,12H2,1-2H3,(H,16,17). The highest BCUT2D eigenvalue weighted by Crippen LogP contribution is 2.15. The maximum absolute atomic E-state index is 4.35. The molecule has 0 spiro atoms. The Kier molecular flexibility index (Phi) is 4.40. The van der Waals surface area contributed by atoms with Gasteiger partial charge in [0.2, 0.25) is 5.95 Å². The minimum atomic E-state index is 0.484. The summed E-state index contributed by atoms with van der Waals surface area (Å²) in [6.45, 7) is 6.33. The van der Waals surface area contributed by atoms with E-state index in [1.807, 2.05) is 12.4 Å². The topological polar surface area (TPSA) is 29.9 Å². The molecular weight excluding hydrogens is 222 g/mol. The van der Waals surface area contributed by atoms with Crippen LogP contribution in [0.4, 0.5) is 5.95 Å². The monoisotopic (exact) mass is 243 g/mol. The molecule has 0 fully saturated rings. The lowest BCUT2D eigenvalue weighted by molar-refractivity contribution is 0.676. The zero-order valence-electron chi connectivity index (χ0n) is 11.1. The van der Waals surface area contributed by atoms with Gasteiger partial charge in [-0.15, -0.1) is 0 Å². The van der Waals surface area contributed by atoms with Gasteiger partial charge in [0.1, 0.15) is 0 Å². The first-order valence-electron chi connectivity index (χ1n) is 6.61. The first kappa shape index (κ1) is 12.7. The molecule has 0 amide bonds. The van der Waals surface area contributed by atoms with E-state index in [1.54, 1.807) is 0 Å². The Morgan fingerprint density at radius 1 is 1.28 bits per heavy atom. The van der Waals surface area contributed by atoms with Gasteiger partial charge in [0.15, 0.2) is 0 Å². The average Bonchev–Trinajstić information content (AvgIpc) is 2.85. The fourth-order valence-electron chi connectivity index (χ4n) is 2.04. The summed E-state index contributed by atoms with van der Waals surface area (Å²) < 4.78 is 2.16. The Morgan fingerprint density at radius 2 is 2.06 bits per heavy atom. The predicted octanol–water partition coefficient (Wildman–Crippen LogP) is 3.51. The van der Waals surface area contributed by atoms with Crippen LogP contribution in [-0.4, -0.2) is 16.1 Å². The van der Waals surface area contributed by atoms with Gasteiger partial charge in [-0.2, -0.15) is 0 Å². The molecule has 0 bridgehead atoms. The molecule has 1 aromatic heterocycles. The summed E-state index contributed by atoms with van der Waals surface area (Å²) in [5.74, 6) is 1.46. The number of hydrogen-bond donors (Lipinski definition) is 1. The van der Waals surface area contributed by atoms with E-state index in [1.165, 1.54) is 5.56 Å². The molecule has 0 aliphatic heterocycles. The number of aryl methyl sites for hydroxylation is 1. The maximum Gasteiger partial charge on any atom is 0.202 e. The van der Waals surface area contributed by atoms with Gasteiger partial charge >= 0.3 is 0 Å². The quantitative estimate of drug-likeness (QED) is 0.841. The van der Waals surface area contributed by atoms with Crippen molar-refractivity contribution in [1.82, 2.24) is 9.55 Å². The average molecular weight is 243 g/mol. The van der Waals surface area contributed by atoms with Crippen molar-refractivity contribution in [1.29, 1.82) is 0 Å². The van der Waals surface area contributed by atoms with Crippen molar-refractivity contribution in [2.75, 3.05) is 11.9 Å². The van der Waals surface area contributed by atoms with Crippen LogP contribution < -0.4 is 5.32 Å². The number of aromatic nitrogens is 2. The van der Waals surface area contributed by atoms with Crippen LogP contribution in [0.2, 0.25) is 0 Å². The first-order valence-corrected chi connectivity index (χ1v) is 6.61. The molecule has 1 aromatic carbocycles. The van der Waals surface area contributed by atoms with Gasteiger partial charge in [-0.3, -0.25) is 0 Å². The molecule has 18 heavy (non-hydrogen) atoms. The third-order valence-electron chi connectivity index (χ3n) is 3.11. The van der Waals surface area contributed by atoms with E-state index < -0.39 is 0 Å². The van der Waals surface area contributed by atoms with Crippen LogP contribution in [0.1, 0.15) is 31.7 Å². The fourth-order valence-corrected chi connectivity index (χ4v) is 2.04. The Balaban J connectivity index is 1.93. The smallest absolute Gasteiger partial charge is 0.202 e. The number of hydrogen-bond acceptors (Lipinski definition) is 2. The van der Waals surface area contributed by atoms with Crippen LogP contribution in [0.15, 0.2) is 42.7 Å². The van der Waals surface area contributed by atoms with E-state index in [4.69, 9.17) is 0 Å². The van der Waals surface area contributed by atoms with Crippen LogP contribution >= 0.6 is 0 Å². The normalized spacial score (nSPS) is 12.3. The highest BCUT2D eigenvalue weighted by Gasteiger charge is 2.06. The van der Waals surface area contributed by atoms with Crippen LogP contribution in [0.3, 0.4) is 0 Å². The number of rotatable bonds is 6. The van der Waals surface area contributed by atoms with Crippen molar-refractivity contribution in [2.24, 2.45) is 0 Å². The molecule has 3 nitrogen and oxygen atoms in total. The SMILES string of the molecule is CCCn1ccnc1NCC(C)c1ccccc1. The number of nitrogens with one attached hydrogen (secondary N) is 1. The lowest BCUT2D eigenvalue weighted by Gasteiger charge is -2.14. The van der Waals surface area contributed by atoms with E-state index in [2.05, 4.69) is 59.0 Å². The second-order valence-corrected chi connectivity index (χ2v) is 4.64. The van der Waals surface area contributed by atoms with Crippen molar-refractivity contribution in [3.63, 3.8) is 0 Å². The van der Waals surface area contributed by atoms with E-state index in [9.17, 15) is 0 Å². The summed E-state index contributed by atoms with van der Waals surface area (Å²) in [6.07, 6.45) is 5.00. The summed E-state index contributed by atoms with van der Waals surface area (Å²) in [5.41, 5.74) is 1.36. The maximum atomic E-state index is 4.35. The molecule has 1 heterocycles. The largest absolute Gasteiger partial charge is 0.355 e. The van der Waals surface area contributed by atoms with Gasteiger partial charge in [0, 0.05) is 25.5 Å². The molecule has 96 valence electrons. The van der Waals surface area contributed by atoms with Crippen molar-refractivity contribution in [2.45, 2.75) is 32.7 Å².